The summed E-state index contributed by atoms with van der Waals surface area (Å²) in [7, 11) is 0. The Morgan fingerprint density at radius 2 is 2.00 bits per heavy atom. The molecule has 2 heterocycles. The second-order valence-electron chi connectivity index (χ2n) is 4.29. The van der Waals surface area contributed by atoms with Gasteiger partial charge in [0.2, 0.25) is 0 Å². The first kappa shape index (κ1) is 12.8. The minimum atomic E-state index is -0.344. The van der Waals surface area contributed by atoms with Gasteiger partial charge in [-0.05, 0) is 24.3 Å². The molecule has 1 aromatic carbocycles. The monoisotopic (exact) mass is 279 g/mol. The lowest BCUT2D eigenvalue weighted by molar-refractivity contribution is 0.611. The van der Waals surface area contributed by atoms with Crippen LogP contribution in [0.25, 0.3) is 5.69 Å². The van der Waals surface area contributed by atoms with Crippen LogP contribution in [0.3, 0.4) is 0 Å². The molecule has 2 aromatic heterocycles. The van der Waals surface area contributed by atoms with Gasteiger partial charge in [0.1, 0.15) is 23.4 Å². The molecule has 0 aliphatic rings. The molecule has 0 radical (unpaired) electrons. The van der Waals surface area contributed by atoms with E-state index in [9.17, 15) is 4.39 Å². The Hall–Kier alpha value is -3.20. The fourth-order valence-electron chi connectivity index (χ4n) is 1.84. The first-order valence-electron chi connectivity index (χ1n) is 6.19. The molecule has 0 unspecified atom stereocenters. The van der Waals surface area contributed by atoms with E-state index in [1.165, 1.54) is 16.9 Å². The van der Waals surface area contributed by atoms with Crippen molar-refractivity contribution in [2.75, 3.05) is 5.32 Å². The molecule has 102 valence electrons. The summed E-state index contributed by atoms with van der Waals surface area (Å²) in [5.41, 5.74) is 1.54. The molecule has 0 fully saturated rings. The number of nitrogens with zero attached hydrogens (tertiary/aromatic N) is 4. The zero-order chi connectivity index (χ0) is 14.7. The van der Waals surface area contributed by atoms with E-state index in [1.807, 2.05) is 6.07 Å². The quantitative estimate of drug-likeness (QED) is 0.800. The SMILES string of the molecule is N#Cc1ccc(Nc2cnn(-c3ccccc3F)c2)nc1. The molecule has 0 aliphatic heterocycles. The van der Waals surface area contributed by atoms with Crippen LogP contribution in [-0.2, 0) is 0 Å². The maximum atomic E-state index is 13.7. The van der Waals surface area contributed by atoms with Crippen LogP contribution in [0.2, 0.25) is 0 Å². The van der Waals surface area contributed by atoms with E-state index in [0.29, 0.717) is 22.8 Å². The summed E-state index contributed by atoms with van der Waals surface area (Å²) in [6.07, 6.45) is 4.72. The number of halogens is 1. The highest BCUT2D eigenvalue weighted by molar-refractivity contribution is 5.55. The molecule has 1 N–H and O–H groups in total. The summed E-state index contributed by atoms with van der Waals surface area (Å²) in [4.78, 5) is 4.10. The Labute approximate surface area is 120 Å². The van der Waals surface area contributed by atoms with Crippen molar-refractivity contribution >= 4 is 11.5 Å². The standard InChI is InChI=1S/C15H10FN5/c16-13-3-1-2-4-14(13)21-10-12(9-19-21)20-15-6-5-11(7-17)8-18-15/h1-6,8-10H,(H,18,20). The molecule has 21 heavy (non-hydrogen) atoms. The third-order valence-corrected chi connectivity index (χ3v) is 2.85. The highest BCUT2D eigenvalue weighted by Crippen LogP contribution is 2.17. The third kappa shape index (κ3) is 2.72. The van der Waals surface area contributed by atoms with Crippen LogP contribution in [0.4, 0.5) is 15.9 Å². The van der Waals surface area contributed by atoms with Crippen molar-refractivity contribution in [1.29, 1.82) is 5.26 Å². The molecule has 5 nitrogen and oxygen atoms in total. The fourth-order valence-corrected chi connectivity index (χ4v) is 1.84. The molecule has 0 bridgehead atoms. The van der Waals surface area contributed by atoms with E-state index in [4.69, 9.17) is 5.26 Å². The molecule has 0 spiro atoms. The maximum Gasteiger partial charge on any atom is 0.148 e. The van der Waals surface area contributed by atoms with E-state index in [2.05, 4.69) is 15.4 Å². The normalized spacial score (nSPS) is 10.1. The molecular weight excluding hydrogens is 269 g/mol. The van der Waals surface area contributed by atoms with Crippen molar-refractivity contribution in [1.82, 2.24) is 14.8 Å². The Morgan fingerprint density at radius 1 is 1.14 bits per heavy atom. The van der Waals surface area contributed by atoms with Crippen LogP contribution in [0, 0.1) is 17.1 Å². The molecule has 3 rings (SSSR count). The van der Waals surface area contributed by atoms with E-state index in [-0.39, 0.29) is 5.82 Å². The average Bonchev–Trinajstić information content (AvgIpc) is 2.97. The zero-order valence-electron chi connectivity index (χ0n) is 10.9. The Morgan fingerprint density at radius 3 is 2.71 bits per heavy atom. The molecule has 0 aliphatic carbocycles. The van der Waals surface area contributed by atoms with Gasteiger partial charge in [0.25, 0.3) is 0 Å². The number of nitrogens with one attached hydrogen (secondary N) is 1. The number of benzene rings is 1. The first-order chi connectivity index (χ1) is 10.3. The maximum absolute atomic E-state index is 13.7. The molecule has 3 aromatic rings. The lowest BCUT2D eigenvalue weighted by atomic mass is 10.3. The molecule has 0 saturated heterocycles. The number of pyridine rings is 1. The summed E-state index contributed by atoms with van der Waals surface area (Å²) in [6, 6.07) is 11.8. The van der Waals surface area contributed by atoms with E-state index >= 15 is 0 Å². The van der Waals surface area contributed by atoms with Crippen LogP contribution in [-0.4, -0.2) is 14.8 Å². The second kappa shape index (κ2) is 5.43. The van der Waals surface area contributed by atoms with Crippen molar-refractivity contribution in [2.24, 2.45) is 0 Å². The van der Waals surface area contributed by atoms with Crippen molar-refractivity contribution in [3.8, 4) is 11.8 Å². The Bertz CT molecular complexity index is 801. The van der Waals surface area contributed by atoms with Crippen LogP contribution in [0.15, 0.2) is 55.0 Å². The highest BCUT2D eigenvalue weighted by atomic mass is 19.1. The van der Waals surface area contributed by atoms with Gasteiger partial charge in [-0.1, -0.05) is 12.1 Å². The van der Waals surface area contributed by atoms with Crippen molar-refractivity contribution in [3.63, 3.8) is 0 Å². The average molecular weight is 279 g/mol. The van der Waals surface area contributed by atoms with Gasteiger partial charge in [0.05, 0.1) is 23.6 Å². The summed E-state index contributed by atoms with van der Waals surface area (Å²) >= 11 is 0. The van der Waals surface area contributed by atoms with Crippen LogP contribution < -0.4 is 5.32 Å². The highest BCUT2D eigenvalue weighted by Gasteiger charge is 2.06. The van der Waals surface area contributed by atoms with Crippen molar-refractivity contribution < 1.29 is 4.39 Å². The molecule has 0 atom stereocenters. The minimum absolute atomic E-state index is 0.344. The van der Waals surface area contributed by atoms with Crippen molar-refractivity contribution in [3.05, 3.63) is 66.4 Å². The van der Waals surface area contributed by atoms with Gasteiger partial charge < -0.3 is 5.32 Å². The molecule has 0 saturated carbocycles. The third-order valence-electron chi connectivity index (χ3n) is 2.85. The van der Waals surface area contributed by atoms with Crippen LogP contribution in [0.5, 0.6) is 0 Å². The van der Waals surface area contributed by atoms with Gasteiger partial charge in [-0.25, -0.2) is 14.1 Å². The fraction of sp³-hybridized carbons (Fsp3) is 0. The molecule has 6 heteroatoms. The number of anilines is 2. The van der Waals surface area contributed by atoms with Gasteiger partial charge in [0.15, 0.2) is 0 Å². The Kier molecular flexibility index (Phi) is 3.31. The lowest BCUT2D eigenvalue weighted by Gasteiger charge is -2.03. The first-order valence-corrected chi connectivity index (χ1v) is 6.19. The summed E-state index contributed by atoms with van der Waals surface area (Å²) < 4.78 is 15.1. The lowest BCUT2D eigenvalue weighted by Crippen LogP contribution is -1.97. The van der Waals surface area contributed by atoms with E-state index in [1.54, 1.807) is 42.7 Å². The van der Waals surface area contributed by atoms with Gasteiger partial charge in [0, 0.05) is 6.20 Å². The molecular formula is C15H10FN5. The largest absolute Gasteiger partial charge is 0.338 e. The number of hydrogen-bond donors (Lipinski definition) is 1. The summed E-state index contributed by atoms with van der Waals surface area (Å²) in [6.45, 7) is 0. The van der Waals surface area contributed by atoms with Gasteiger partial charge >= 0.3 is 0 Å². The van der Waals surface area contributed by atoms with Gasteiger partial charge in [-0.2, -0.15) is 10.4 Å². The summed E-state index contributed by atoms with van der Waals surface area (Å²) in [5, 5.41) is 15.9. The summed E-state index contributed by atoms with van der Waals surface area (Å²) in [5.74, 6) is 0.241. The van der Waals surface area contributed by atoms with Crippen LogP contribution in [0.1, 0.15) is 5.56 Å². The predicted molar refractivity (Wildman–Crippen MR) is 75.8 cm³/mol. The number of hydrogen-bond acceptors (Lipinski definition) is 4. The number of rotatable bonds is 3. The van der Waals surface area contributed by atoms with Crippen molar-refractivity contribution in [2.45, 2.75) is 0 Å². The van der Waals surface area contributed by atoms with Gasteiger partial charge in [-0.15, -0.1) is 0 Å². The minimum Gasteiger partial charge on any atom is -0.338 e. The smallest absolute Gasteiger partial charge is 0.148 e. The number of para-hydroxylation sites is 1. The number of aromatic nitrogens is 3. The van der Waals surface area contributed by atoms with Gasteiger partial charge in [-0.3, -0.25) is 0 Å². The Balaban J connectivity index is 1.82. The predicted octanol–water partition coefficient (Wildman–Crippen LogP) is 3.02. The van der Waals surface area contributed by atoms with Crippen LogP contribution >= 0.6 is 0 Å². The van der Waals surface area contributed by atoms with E-state index in [0.717, 1.165) is 0 Å². The number of nitriles is 1. The molecule has 0 amide bonds. The second-order valence-corrected chi connectivity index (χ2v) is 4.29. The van der Waals surface area contributed by atoms with E-state index < -0.39 is 0 Å². The topological polar surface area (TPSA) is 66.5 Å². The zero-order valence-corrected chi connectivity index (χ0v) is 10.9.